The number of sulfonamides is 1. The van der Waals surface area contributed by atoms with Crippen LogP contribution in [0, 0.1) is 23.5 Å². The Kier molecular flexibility index (Phi) is 8.95. The molecule has 1 aromatic carbocycles. The van der Waals surface area contributed by atoms with Crippen molar-refractivity contribution in [2.24, 2.45) is 16.8 Å². The predicted octanol–water partition coefficient (Wildman–Crippen LogP) is 7.58. The van der Waals surface area contributed by atoms with Gasteiger partial charge < -0.3 is 18.8 Å². The van der Waals surface area contributed by atoms with Gasteiger partial charge in [-0.1, -0.05) is 25.5 Å². The molecule has 1 unspecified atom stereocenters. The smallest absolute Gasteiger partial charge is 0.265 e. The average molecular weight is 689 g/mol. The highest BCUT2D eigenvalue weighted by Gasteiger charge is 2.31. The summed E-state index contributed by atoms with van der Waals surface area (Å²) < 4.78 is 66.7. The molecule has 7 rings (SSSR count). The molecule has 2 fully saturated rings. The van der Waals surface area contributed by atoms with Gasteiger partial charge in [0.1, 0.15) is 28.5 Å². The molecular weight excluding hydrogens is 647 g/mol. The number of benzene rings is 1. The Morgan fingerprint density at radius 2 is 1.90 bits per heavy atom. The van der Waals surface area contributed by atoms with E-state index in [1.165, 1.54) is 36.3 Å². The highest BCUT2D eigenvalue weighted by Crippen LogP contribution is 2.40. The van der Waals surface area contributed by atoms with Crippen LogP contribution in [0.3, 0.4) is 0 Å². The minimum Gasteiger partial charge on any atom is -0.471 e. The third-order valence-corrected chi connectivity index (χ3v) is 11.6. The van der Waals surface area contributed by atoms with Crippen LogP contribution in [0.2, 0.25) is 0 Å². The van der Waals surface area contributed by atoms with Crippen molar-refractivity contribution in [2.75, 3.05) is 36.3 Å². The maximum absolute atomic E-state index is 16.4. The number of furan rings is 1. The number of piperidine rings is 1. The molecule has 1 aliphatic carbocycles. The number of aryl methyl sites for hydroxylation is 1. The van der Waals surface area contributed by atoms with E-state index in [4.69, 9.17) is 9.40 Å². The predicted molar refractivity (Wildman–Crippen MR) is 190 cm³/mol. The molecule has 3 aromatic heterocycles. The second-order valence-electron chi connectivity index (χ2n) is 13.6. The number of aliphatic imine (C=N–C) groups is 1. The molecule has 0 amide bonds. The number of likely N-dealkylation sites (tertiary alicyclic amines) is 1. The molecule has 49 heavy (non-hydrogen) atoms. The zero-order valence-corrected chi connectivity index (χ0v) is 29.1. The number of rotatable bonds is 10. The molecule has 5 heterocycles. The van der Waals surface area contributed by atoms with Crippen molar-refractivity contribution in [3.63, 3.8) is 0 Å². The van der Waals surface area contributed by atoms with Crippen molar-refractivity contribution >= 4 is 44.2 Å². The van der Waals surface area contributed by atoms with Gasteiger partial charge in [0.05, 0.1) is 23.7 Å². The van der Waals surface area contributed by atoms with Crippen molar-refractivity contribution in [3.8, 4) is 5.69 Å². The SMILES string of the molecule is CCc1c(N(C)C2CCN(CC3CC3)CC2)ncc2c1c(C1=CN=CC(C)C(C)=C1)cn2-c1c(F)ccc(NS(=O)(=O)c2ccoc2)c1F. The summed E-state index contributed by atoms with van der Waals surface area (Å²) in [6.45, 7) is 9.50. The van der Waals surface area contributed by atoms with Crippen molar-refractivity contribution in [1.82, 2.24) is 14.5 Å². The summed E-state index contributed by atoms with van der Waals surface area (Å²) in [5.74, 6) is -0.0675. The van der Waals surface area contributed by atoms with Gasteiger partial charge in [-0.2, -0.15) is 0 Å². The lowest BCUT2D eigenvalue weighted by Crippen LogP contribution is -2.44. The molecule has 9 nitrogen and oxygen atoms in total. The number of fused-ring (bicyclic) bond motifs is 1. The Morgan fingerprint density at radius 3 is 2.59 bits per heavy atom. The van der Waals surface area contributed by atoms with Crippen LogP contribution in [0.15, 0.2) is 75.3 Å². The lowest BCUT2D eigenvalue weighted by molar-refractivity contribution is 0.203. The minimum absolute atomic E-state index is 0.122. The second kappa shape index (κ2) is 13.2. The number of hydrogen-bond acceptors (Lipinski definition) is 7. The van der Waals surface area contributed by atoms with Gasteiger partial charge >= 0.3 is 0 Å². The third-order valence-electron chi connectivity index (χ3n) is 10.2. The number of aromatic nitrogens is 2. The first kappa shape index (κ1) is 33.2. The Balaban J connectivity index is 1.35. The normalized spacial score (nSPS) is 19.2. The van der Waals surface area contributed by atoms with E-state index >= 15 is 8.78 Å². The van der Waals surface area contributed by atoms with Crippen molar-refractivity contribution < 1.29 is 21.6 Å². The van der Waals surface area contributed by atoms with Gasteiger partial charge in [-0.25, -0.2) is 22.2 Å². The summed E-state index contributed by atoms with van der Waals surface area (Å²) in [4.78, 5) is 14.2. The third kappa shape index (κ3) is 6.43. The van der Waals surface area contributed by atoms with Gasteiger partial charge in [-0.3, -0.25) is 9.71 Å². The standard InChI is InChI=1S/C37H42F2N6O3S/c1-5-29-34-30(26-16-23(2)24(3)17-40-18-26)21-45(36-31(38)8-9-32(35(36)39)42-49(46,47)28-12-15-48-22-28)33(34)19-41-37(29)43(4)27-10-13-44(14-11-27)20-25-6-7-25/h8-9,12,15-19,21-22,24-25,27,42H,5-7,10-11,13-14,20H2,1-4H3. The number of nitrogens with one attached hydrogen (secondary N) is 1. The van der Waals surface area contributed by atoms with Crippen molar-refractivity contribution in [3.05, 3.63) is 83.7 Å². The van der Waals surface area contributed by atoms with E-state index in [9.17, 15) is 8.42 Å². The van der Waals surface area contributed by atoms with Crippen LogP contribution in [-0.2, 0) is 16.4 Å². The van der Waals surface area contributed by atoms with Gasteiger partial charge in [0, 0.05) is 79.3 Å². The molecule has 1 saturated heterocycles. The molecule has 1 N–H and O–H groups in total. The summed E-state index contributed by atoms with van der Waals surface area (Å²) in [5.41, 5.74) is 3.34. The maximum Gasteiger partial charge on any atom is 0.265 e. The van der Waals surface area contributed by atoms with E-state index in [1.807, 2.05) is 13.1 Å². The lowest BCUT2D eigenvalue weighted by atomic mass is 9.96. The van der Waals surface area contributed by atoms with E-state index in [2.05, 4.69) is 46.5 Å². The first-order valence-corrected chi connectivity index (χ1v) is 18.5. The fourth-order valence-electron chi connectivity index (χ4n) is 7.03. The molecule has 258 valence electrons. The van der Waals surface area contributed by atoms with Crippen LogP contribution >= 0.6 is 0 Å². The Hall–Kier alpha value is -4.29. The highest BCUT2D eigenvalue weighted by atomic mass is 32.2. The fraction of sp³-hybridized carbons (Fsp3) is 0.405. The second-order valence-corrected chi connectivity index (χ2v) is 15.2. The Morgan fingerprint density at radius 1 is 1.12 bits per heavy atom. The van der Waals surface area contributed by atoms with E-state index in [0.717, 1.165) is 83.7 Å². The topological polar surface area (TPSA) is 96.0 Å². The Labute approximate surface area is 286 Å². The molecule has 12 heteroatoms. The molecule has 3 aliphatic rings. The quantitative estimate of drug-likeness (QED) is 0.185. The van der Waals surface area contributed by atoms with Crippen LogP contribution in [0.4, 0.5) is 20.3 Å². The number of allylic oxidation sites excluding steroid dienone is 3. The first-order chi connectivity index (χ1) is 23.6. The van der Waals surface area contributed by atoms with Crippen LogP contribution in [-0.4, -0.2) is 61.8 Å². The summed E-state index contributed by atoms with van der Waals surface area (Å²) in [6.07, 6.45) is 16.8. The van der Waals surface area contributed by atoms with Gasteiger partial charge in [0.25, 0.3) is 10.0 Å². The number of halogens is 2. The van der Waals surface area contributed by atoms with E-state index in [-0.39, 0.29) is 10.8 Å². The monoisotopic (exact) mass is 688 g/mol. The van der Waals surface area contributed by atoms with Crippen LogP contribution in [0.1, 0.15) is 57.6 Å². The zero-order chi connectivity index (χ0) is 34.4. The summed E-state index contributed by atoms with van der Waals surface area (Å²) in [5, 5.41) is 0.828. The van der Waals surface area contributed by atoms with E-state index < -0.39 is 33.0 Å². The summed E-state index contributed by atoms with van der Waals surface area (Å²) in [7, 11) is -2.09. The molecule has 2 aliphatic heterocycles. The zero-order valence-electron chi connectivity index (χ0n) is 28.3. The number of nitrogens with zero attached hydrogens (tertiary/aromatic N) is 5. The molecular formula is C37H42F2N6O3S. The molecule has 0 bridgehead atoms. The minimum atomic E-state index is -4.19. The largest absolute Gasteiger partial charge is 0.471 e. The maximum atomic E-state index is 16.4. The fourth-order valence-corrected chi connectivity index (χ4v) is 8.01. The van der Waals surface area contributed by atoms with Gasteiger partial charge in [-0.05, 0) is 63.1 Å². The molecule has 1 saturated carbocycles. The molecule has 0 spiro atoms. The molecule has 4 aromatic rings. The first-order valence-electron chi connectivity index (χ1n) is 17.0. The summed E-state index contributed by atoms with van der Waals surface area (Å²) >= 11 is 0. The number of anilines is 2. The molecule has 0 radical (unpaired) electrons. The Bertz CT molecular complexity index is 2070. The number of pyridine rings is 1. The van der Waals surface area contributed by atoms with E-state index in [1.54, 1.807) is 18.6 Å². The van der Waals surface area contributed by atoms with Crippen LogP contribution < -0.4 is 9.62 Å². The highest BCUT2D eigenvalue weighted by molar-refractivity contribution is 7.92. The van der Waals surface area contributed by atoms with Gasteiger partial charge in [-0.15, -0.1) is 0 Å². The number of hydrogen-bond donors (Lipinski definition) is 1. The summed E-state index contributed by atoms with van der Waals surface area (Å²) in [6, 6.07) is 3.70. The van der Waals surface area contributed by atoms with Crippen molar-refractivity contribution in [2.45, 2.75) is 63.8 Å². The van der Waals surface area contributed by atoms with Gasteiger partial charge in [0.2, 0.25) is 0 Å². The van der Waals surface area contributed by atoms with E-state index in [0.29, 0.717) is 18.0 Å². The average Bonchev–Trinajstić information content (AvgIpc) is 3.61. The van der Waals surface area contributed by atoms with Crippen molar-refractivity contribution in [1.29, 1.82) is 0 Å². The van der Waals surface area contributed by atoms with Crippen LogP contribution in [0.5, 0.6) is 0 Å². The molecule has 1 atom stereocenters. The van der Waals surface area contributed by atoms with Gasteiger partial charge in [0.15, 0.2) is 5.82 Å². The van der Waals surface area contributed by atoms with Crippen LogP contribution in [0.25, 0.3) is 22.2 Å². The lowest BCUT2D eigenvalue weighted by Gasteiger charge is -2.38.